The van der Waals surface area contributed by atoms with Crippen LogP contribution in [0.15, 0.2) is 48.5 Å². The van der Waals surface area contributed by atoms with Gasteiger partial charge in [0.1, 0.15) is 5.69 Å². The molecule has 7 nitrogen and oxygen atoms in total. The molecule has 27 heavy (non-hydrogen) atoms. The second-order valence-corrected chi connectivity index (χ2v) is 6.88. The van der Waals surface area contributed by atoms with Crippen molar-refractivity contribution in [3.63, 3.8) is 0 Å². The van der Waals surface area contributed by atoms with Crippen molar-refractivity contribution in [2.24, 2.45) is 0 Å². The molecule has 142 valence electrons. The van der Waals surface area contributed by atoms with E-state index in [1.165, 1.54) is 6.07 Å². The zero-order valence-electron chi connectivity index (χ0n) is 15.0. The number of halogens is 1. The first-order chi connectivity index (χ1) is 13.0. The van der Waals surface area contributed by atoms with Gasteiger partial charge in [-0.1, -0.05) is 29.8 Å². The highest BCUT2D eigenvalue weighted by Crippen LogP contribution is 2.31. The summed E-state index contributed by atoms with van der Waals surface area (Å²) in [4.78, 5) is 27.4. The van der Waals surface area contributed by atoms with Crippen molar-refractivity contribution in [3.8, 4) is 0 Å². The number of carbonyl (C=O) groups is 1. The van der Waals surface area contributed by atoms with E-state index in [2.05, 4.69) is 10.2 Å². The van der Waals surface area contributed by atoms with Gasteiger partial charge in [0.2, 0.25) is 5.91 Å². The topological polar surface area (TPSA) is 78.7 Å². The fourth-order valence-corrected chi connectivity index (χ4v) is 3.36. The second kappa shape index (κ2) is 8.37. The van der Waals surface area contributed by atoms with Crippen LogP contribution in [-0.2, 0) is 4.79 Å². The molecule has 1 atom stereocenters. The minimum Gasteiger partial charge on any atom is -0.363 e. The largest absolute Gasteiger partial charge is 0.363 e. The highest BCUT2D eigenvalue weighted by molar-refractivity contribution is 6.30. The Morgan fingerprint density at radius 3 is 2.44 bits per heavy atom. The van der Waals surface area contributed by atoms with E-state index in [9.17, 15) is 14.9 Å². The van der Waals surface area contributed by atoms with Gasteiger partial charge >= 0.3 is 0 Å². The SMILES string of the molecule is CC(C(=O)Nc1ccccc1)N1CCN(c2ccc(Cl)cc2[N+](=O)[O-])CC1. The van der Waals surface area contributed by atoms with Crippen LogP contribution in [0.25, 0.3) is 0 Å². The van der Waals surface area contributed by atoms with E-state index in [1.807, 2.05) is 42.2 Å². The van der Waals surface area contributed by atoms with Gasteiger partial charge in [0.15, 0.2) is 0 Å². The Morgan fingerprint density at radius 2 is 1.81 bits per heavy atom. The van der Waals surface area contributed by atoms with Crippen LogP contribution < -0.4 is 10.2 Å². The van der Waals surface area contributed by atoms with Gasteiger partial charge in [0, 0.05) is 43.0 Å². The van der Waals surface area contributed by atoms with Gasteiger partial charge in [-0.25, -0.2) is 0 Å². The Hall–Kier alpha value is -2.64. The fraction of sp³-hybridized carbons (Fsp3) is 0.316. The first-order valence-electron chi connectivity index (χ1n) is 8.74. The van der Waals surface area contributed by atoms with Crippen LogP contribution in [0.2, 0.25) is 5.02 Å². The molecule has 2 aromatic carbocycles. The number of para-hydroxylation sites is 1. The Bertz CT molecular complexity index is 823. The molecule has 0 bridgehead atoms. The molecule has 1 aliphatic heterocycles. The molecule has 1 aliphatic rings. The average molecular weight is 389 g/mol. The Morgan fingerprint density at radius 1 is 1.15 bits per heavy atom. The number of carbonyl (C=O) groups excluding carboxylic acids is 1. The molecule has 1 fully saturated rings. The minimum atomic E-state index is -0.413. The Labute approximate surface area is 162 Å². The van der Waals surface area contributed by atoms with Crippen LogP contribution in [-0.4, -0.2) is 48.0 Å². The molecule has 0 spiro atoms. The summed E-state index contributed by atoms with van der Waals surface area (Å²) < 4.78 is 0. The summed E-state index contributed by atoms with van der Waals surface area (Å²) in [6.07, 6.45) is 0. The van der Waals surface area contributed by atoms with Gasteiger partial charge in [0.05, 0.1) is 11.0 Å². The monoisotopic (exact) mass is 388 g/mol. The number of rotatable bonds is 5. The summed E-state index contributed by atoms with van der Waals surface area (Å²) >= 11 is 5.89. The predicted octanol–water partition coefficient (Wildman–Crippen LogP) is 3.40. The fourth-order valence-electron chi connectivity index (χ4n) is 3.19. The third-order valence-electron chi connectivity index (χ3n) is 4.76. The van der Waals surface area contributed by atoms with Gasteiger partial charge in [0.25, 0.3) is 5.69 Å². The second-order valence-electron chi connectivity index (χ2n) is 6.44. The molecule has 0 aromatic heterocycles. The molecule has 8 heteroatoms. The first kappa shape index (κ1) is 19.1. The van der Waals surface area contributed by atoms with E-state index in [4.69, 9.17) is 11.6 Å². The standard InChI is InChI=1S/C19H21ClN4O3/c1-14(19(25)21-16-5-3-2-4-6-16)22-9-11-23(12-10-22)17-8-7-15(20)13-18(17)24(26)27/h2-8,13-14H,9-12H2,1H3,(H,21,25). The number of amides is 1. The highest BCUT2D eigenvalue weighted by atomic mass is 35.5. The maximum atomic E-state index is 12.5. The summed E-state index contributed by atoms with van der Waals surface area (Å²) in [6, 6.07) is 13.8. The van der Waals surface area contributed by atoms with Crippen LogP contribution in [0.4, 0.5) is 17.1 Å². The van der Waals surface area contributed by atoms with Gasteiger partial charge < -0.3 is 10.2 Å². The lowest BCUT2D eigenvalue weighted by Gasteiger charge is -2.38. The third-order valence-corrected chi connectivity index (χ3v) is 4.99. The van der Waals surface area contributed by atoms with Gasteiger partial charge in [-0.3, -0.25) is 19.8 Å². The number of anilines is 2. The maximum Gasteiger partial charge on any atom is 0.294 e. The third kappa shape index (κ3) is 4.56. The molecule has 1 saturated heterocycles. The molecule has 1 amide bonds. The zero-order valence-corrected chi connectivity index (χ0v) is 15.7. The number of nitrogens with one attached hydrogen (secondary N) is 1. The van der Waals surface area contributed by atoms with E-state index in [1.54, 1.807) is 12.1 Å². The lowest BCUT2D eigenvalue weighted by molar-refractivity contribution is -0.384. The van der Waals surface area contributed by atoms with Crippen molar-refractivity contribution >= 4 is 34.6 Å². The first-order valence-corrected chi connectivity index (χ1v) is 9.12. The number of nitro groups is 1. The summed E-state index contributed by atoms with van der Waals surface area (Å²) in [5.74, 6) is -0.0628. The van der Waals surface area contributed by atoms with Crippen molar-refractivity contribution in [1.82, 2.24) is 4.90 Å². The molecule has 2 aromatic rings. The number of piperazine rings is 1. The smallest absolute Gasteiger partial charge is 0.294 e. The van der Waals surface area contributed by atoms with Crippen molar-refractivity contribution in [3.05, 3.63) is 63.7 Å². The molecule has 1 N–H and O–H groups in total. The van der Waals surface area contributed by atoms with Crippen LogP contribution in [0.1, 0.15) is 6.92 Å². The lowest BCUT2D eigenvalue weighted by atomic mass is 10.1. The highest BCUT2D eigenvalue weighted by Gasteiger charge is 2.28. The maximum absolute atomic E-state index is 12.5. The van der Waals surface area contributed by atoms with Gasteiger partial charge in [-0.05, 0) is 31.2 Å². The Kier molecular flexibility index (Phi) is 5.93. The summed E-state index contributed by atoms with van der Waals surface area (Å²) in [7, 11) is 0. The zero-order chi connectivity index (χ0) is 19.4. The van der Waals surface area contributed by atoms with Crippen LogP contribution in [0.5, 0.6) is 0 Å². The van der Waals surface area contributed by atoms with E-state index in [0.29, 0.717) is 36.9 Å². The quantitative estimate of drug-likeness (QED) is 0.627. The molecule has 0 saturated carbocycles. The lowest BCUT2D eigenvalue weighted by Crippen LogP contribution is -2.53. The van der Waals surface area contributed by atoms with Gasteiger partial charge in [-0.2, -0.15) is 0 Å². The van der Waals surface area contributed by atoms with E-state index < -0.39 is 4.92 Å². The van der Waals surface area contributed by atoms with Crippen molar-refractivity contribution in [2.45, 2.75) is 13.0 Å². The van der Waals surface area contributed by atoms with E-state index in [0.717, 1.165) is 5.69 Å². The number of hydrogen-bond acceptors (Lipinski definition) is 5. The number of nitro benzene ring substituents is 1. The van der Waals surface area contributed by atoms with Crippen LogP contribution >= 0.6 is 11.6 Å². The van der Waals surface area contributed by atoms with Crippen LogP contribution in [0, 0.1) is 10.1 Å². The number of hydrogen-bond donors (Lipinski definition) is 1. The molecule has 3 rings (SSSR count). The van der Waals surface area contributed by atoms with Crippen molar-refractivity contribution < 1.29 is 9.72 Å². The normalized spacial score (nSPS) is 16.0. The van der Waals surface area contributed by atoms with E-state index >= 15 is 0 Å². The summed E-state index contributed by atoms with van der Waals surface area (Å²) in [5, 5.41) is 14.6. The summed E-state index contributed by atoms with van der Waals surface area (Å²) in [6.45, 7) is 4.36. The van der Waals surface area contributed by atoms with Crippen molar-refractivity contribution in [2.75, 3.05) is 36.4 Å². The molecule has 1 unspecified atom stereocenters. The molecular weight excluding hydrogens is 368 g/mol. The number of nitrogens with zero attached hydrogens (tertiary/aromatic N) is 3. The molecular formula is C19H21ClN4O3. The minimum absolute atomic E-state index is 0.00539. The summed E-state index contributed by atoms with van der Waals surface area (Å²) in [5.41, 5.74) is 1.33. The predicted molar refractivity (Wildman–Crippen MR) is 106 cm³/mol. The molecule has 0 aliphatic carbocycles. The van der Waals surface area contributed by atoms with Crippen molar-refractivity contribution in [1.29, 1.82) is 0 Å². The molecule has 0 radical (unpaired) electrons. The molecule has 1 heterocycles. The van der Waals surface area contributed by atoms with Crippen LogP contribution in [0.3, 0.4) is 0 Å². The van der Waals surface area contributed by atoms with E-state index in [-0.39, 0.29) is 17.6 Å². The average Bonchev–Trinajstić information content (AvgIpc) is 2.68. The number of benzene rings is 2. The van der Waals surface area contributed by atoms with Gasteiger partial charge in [-0.15, -0.1) is 0 Å². The Balaban J connectivity index is 1.62.